The summed E-state index contributed by atoms with van der Waals surface area (Å²) in [5, 5.41) is 6.30. The standard InChI is InChI=1S/C69H50N2/c1-46-22-23-47(2)65(42-46)69(56-34-28-51(29-35-56)49-16-8-4-9-17-49)64-21-13-12-20-60(64)61-39-38-58(45-66(61)69)70-57-36-30-53(31-37-57)55-33-41-68-63(44-55)62-43-54(32-40-67(62)71(68)59-18-10-5-11-19-59)52-26-24-50(25-27-52)48-14-6-3-7-15-48/h3-45,70H,1-2H3. The zero-order chi connectivity index (χ0) is 47.5. The predicted molar refractivity (Wildman–Crippen MR) is 299 cm³/mol. The molecule has 12 aromatic rings. The summed E-state index contributed by atoms with van der Waals surface area (Å²) in [5.74, 6) is 0. The molecule has 1 aromatic heterocycles. The summed E-state index contributed by atoms with van der Waals surface area (Å²) in [4.78, 5) is 0. The first-order valence-corrected chi connectivity index (χ1v) is 24.6. The van der Waals surface area contributed by atoms with Crippen molar-refractivity contribution in [3.63, 3.8) is 0 Å². The van der Waals surface area contributed by atoms with Crippen LogP contribution in [0.15, 0.2) is 261 Å². The van der Waals surface area contributed by atoms with Crippen molar-refractivity contribution in [2.24, 2.45) is 0 Å². The van der Waals surface area contributed by atoms with E-state index in [1.165, 1.54) is 111 Å². The molecule has 1 unspecified atom stereocenters. The normalized spacial score (nSPS) is 13.8. The fraction of sp³-hybridized carbons (Fsp3) is 0.0435. The molecule has 0 saturated carbocycles. The molecular weight excluding hydrogens is 857 g/mol. The van der Waals surface area contributed by atoms with E-state index in [1.54, 1.807) is 0 Å². The fourth-order valence-electron chi connectivity index (χ4n) is 11.4. The SMILES string of the molecule is Cc1ccc(C)c(C2(c3ccc(-c4ccccc4)cc3)c3ccccc3-c3ccc(Nc4ccc(-c5ccc6c(c5)c5cc(-c7ccc(-c8ccccc8)cc7)ccc5n6-c5ccccc5)cc4)cc32)c1. The number of hydrogen-bond donors (Lipinski definition) is 1. The third-order valence-corrected chi connectivity index (χ3v) is 14.9. The highest BCUT2D eigenvalue weighted by atomic mass is 15.0. The van der Waals surface area contributed by atoms with Crippen molar-refractivity contribution in [1.29, 1.82) is 0 Å². The maximum absolute atomic E-state index is 3.84. The Morgan fingerprint density at radius 2 is 0.789 bits per heavy atom. The molecule has 1 atom stereocenters. The van der Waals surface area contributed by atoms with Crippen molar-refractivity contribution in [2.45, 2.75) is 19.3 Å². The van der Waals surface area contributed by atoms with Gasteiger partial charge in [-0.25, -0.2) is 0 Å². The Kier molecular flexibility index (Phi) is 10.2. The fourth-order valence-corrected chi connectivity index (χ4v) is 11.4. The van der Waals surface area contributed by atoms with Crippen LogP contribution in [-0.2, 0) is 5.41 Å². The molecule has 0 saturated heterocycles. The maximum Gasteiger partial charge on any atom is 0.0716 e. The third kappa shape index (κ3) is 7.18. The van der Waals surface area contributed by atoms with Crippen LogP contribution < -0.4 is 5.32 Å². The number of nitrogens with one attached hydrogen (secondary N) is 1. The van der Waals surface area contributed by atoms with Gasteiger partial charge in [0.1, 0.15) is 0 Å². The van der Waals surface area contributed by atoms with Gasteiger partial charge >= 0.3 is 0 Å². The first-order valence-electron chi connectivity index (χ1n) is 24.6. The number of benzene rings is 11. The van der Waals surface area contributed by atoms with Crippen LogP contribution in [0.5, 0.6) is 0 Å². The number of anilines is 2. The number of para-hydroxylation sites is 1. The molecule has 0 radical (unpaired) electrons. The first kappa shape index (κ1) is 42.1. The summed E-state index contributed by atoms with van der Waals surface area (Å²) >= 11 is 0. The van der Waals surface area contributed by atoms with Crippen LogP contribution >= 0.6 is 0 Å². The van der Waals surface area contributed by atoms with Crippen LogP contribution in [0.4, 0.5) is 11.4 Å². The van der Waals surface area contributed by atoms with E-state index in [0.29, 0.717) is 0 Å². The molecule has 11 aromatic carbocycles. The second-order valence-corrected chi connectivity index (χ2v) is 19.1. The topological polar surface area (TPSA) is 17.0 Å². The molecule has 71 heavy (non-hydrogen) atoms. The van der Waals surface area contributed by atoms with Gasteiger partial charge in [0, 0.05) is 27.8 Å². The van der Waals surface area contributed by atoms with E-state index in [1.807, 2.05) is 0 Å². The van der Waals surface area contributed by atoms with Crippen LogP contribution in [0.25, 0.3) is 83.1 Å². The Morgan fingerprint density at radius 1 is 0.324 bits per heavy atom. The van der Waals surface area contributed by atoms with Crippen molar-refractivity contribution < 1.29 is 0 Å². The van der Waals surface area contributed by atoms with Gasteiger partial charge in [0.2, 0.25) is 0 Å². The van der Waals surface area contributed by atoms with Crippen LogP contribution in [0.1, 0.15) is 33.4 Å². The monoisotopic (exact) mass is 906 g/mol. The summed E-state index contributed by atoms with van der Waals surface area (Å²) < 4.78 is 2.40. The lowest BCUT2D eigenvalue weighted by atomic mass is 9.66. The first-order chi connectivity index (χ1) is 35.0. The summed E-state index contributed by atoms with van der Waals surface area (Å²) in [6, 6.07) is 95.9. The van der Waals surface area contributed by atoms with Gasteiger partial charge in [-0.1, -0.05) is 206 Å². The lowest BCUT2D eigenvalue weighted by Gasteiger charge is -2.35. The molecule has 0 aliphatic heterocycles. The molecule has 13 rings (SSSR count). The Balaban J connectivity index is 0.867. The van der Waals surface area contributed by atoms with Gasteiger partial charge in [-0.3, -0.25) is 0 Å². The summed E-state index contributed by atoms with van der Waals surface area (Å²) in [7, 11) is 0. The quantitative estimate of drug-likeness (QED) is 0.153. The molecule has 0 amide bonds. The number of nitrogens with zero attached hydrogens (tertiary/aromatic N) is 1. The number of hydrogen-bond acceptors (Lipinski definition) is 1. The van der Waals surface area contributed by atoms with Crippen LogP contribution in [0.3, 0.4) is 0 Å². The Hall–Kier alpha value is -8.98. The molecule has 1 N–H and O–H groups in total. The highest BCUT2D eigenvalue weighted by Gasteiger charge is 2.47. The molecule has 2 heteroatoms. The third-order valence-electron chi connectivity index (χ3n) is 14.9. The van der Waals surface area contributed by atoms with E-state index in [-0.39, 0.29) is 0 Å². The maximum atomic E-state index is 3.84. The van der Waals surface area contributed by atoms with Gasteiger partial charge in [-0.2, -0.15) is 0 Å². The average Bonchev–Trinajstić information content (AvgIpc) is 3.92. The lowest BCUT2D eigenvalue weighted by molar-refractivity contribution is 0.760. The molecule has 0 bridgehead atoms. The van der Waals surface area contributed by atoms with Crippen molar-refractivity contribution in [2.75, 3.05) is 5.32 Å². The van der Waals surface area contributed by atoms with Gasteiger partial charge in [-0.05, 0) is 158 Å². The van der Waals surface area contributed by atoms with Gasteiger partial charge in [0.25, 0.3) is 0 Å². The zero-order valence-corrected chi connectivity index (χ0v) is 39.8. The Morgan fingerprint density at radius 3 is 1.39 bits per heavy atom. The summed E-state index contributed by atoms with van der Waals surface area (Å²) in [6.45, 7) is 4.48. The van der Waals surface area contributed by atoms with Gasteiger partial charge in [-0.15, -0.1) is 0 Å². The van der Waals surface area contributed by atoms with Crippen molar-refractivity contribution >= 4 is 33.2 Å². The molecule has 0 fully saturated rings. The predicted octanol–water partition coefficient (Wildman–Crippen LogP) is 18.2. The van der Waals surface area contributed by atoms with Crippen LogP contribution in [-0.4, -0.2) is 4.57 Å². The smallest absolute Gasteiger partial charge is 0.0716 e. The molecule has 2 nitrogen and oxygen atoms in total. The second kappa shape index (κ2) is 17.2. The van der Waals surface area contributed by atoms with Gasteiger partial charge in [0.15, 0.2) is 0 Å². The van der Waals surface area contributed by atoms with Gasteiger partial charge < -0.3 is 9.88 Å². The molecule has 1 heterocycles. The van der Waals surface area contributed by atoms with E-state index >= 15 is 0 Å². The van der Waals surface area contributed by atoms with Gasteiger partial charge in [0.05, 0.1) is 16.4 Å². The Labute approximate surface area is 415 Å². The second-order valence-electron chi connectivity index (χ2n) is 19.1. The van der Waals surface area contributed by atoms with Crippen LogP contribution in [0, 0.1) is 13.8 Å². The van der Waals surface area contributed by atoms with E-state index in [4.69, 9.17) is 0 Å². The van der Waals surface area contributed by atoms with Crippen molar-refractivity contribution in [3.05, 3.63) is 294 Å². The molecule has 336 valence electrons. The molecule has 1 aliphatic carbocycles. The highest BCUT2D eigenvalue weighted by Crippen LogP contribution is 2.57. The largest absolute Gasteiger partial charge is 0.356 e. The number of aromatic nitrogens is 1. The minimum atomic E-state index is -0.519. The zero-order valence-electron chi connectivity index (χ0n) is 39.8. The van der Waals surface area contributed by atoms with Crippen molar-refractivity contribution in [1.82, 2.24) is 4.57 Å². The highest BCUT2D eigenvalue weighted by molar-refractivity contribution is 6.11. The van der Waals surface area contributed by atoms with E-state index in [0.717, 1.165) is 17.1 Å². The van der Waals surface area contributed by atoms with Crippen molar-refractivity contribution in [3.8, 4) is 61.3 Å². The minimum Gasteiger partial charge on any atom is -0.356 e. The number of fused-ring (bicyclic) bond motifs is 6. The number of rotatable bonds is 9. The van der Waals surface area contributed by atoms with E-state index in [2.05, 4.69) is 285 Å². The molecule has 1 aliphatic rings. The molecular formula is C69H50N2. The lowest BCUT2D eigenvalue weighted by Crippen LogP contribution is -2.29. The summed E-state index contributed by atoms with van der Waals surface area (Å²) in [5.41, 5.74) is 25.0. The molecule has 0 spiro atoms. The Bertz CT molecular complexity index is 3930. The van der Waals surface area contributed by atoms with E-state index in [9.17, 15) is 0 Å². The minimum absolute atomic E-state index is 0.519. The average molecular weight is 907 g/mol. The van der Waals surface area contributed by atoms with Crippen LogP contribution in [0.2, 0.25) is 0 Å². The number of aryl methyl sites for hydroxylation is 2. The summed E-state index contributed by atoms with van der Waals surface area (Å²) in [6.07, 6.45) is 0. The van der Waals surface area contributed by atoms with E-state index < -0.39 is 5.41 Å².